The van der Waals surface area contributed by atoms with Crippen LogP contribution in [-0.2, 0) is 9.53 Å². The Morgan fingerprint density at radius 1 is 1.22 bits per heavy atom. The number of carbonyl (C=O) groups is 1. The fourth-order valence-electron chi connectivity index (χ4n) is 3.73. The molecule has 0 bridgehead atoms. The standard InChI is InChI=1S/C22H23N3O2/c1-27-16-18-10-7-14-24(18)21(26)13-12-19-20-11-5-6-15-25(20)23-22(19)17-8-3-2-4-9-17/h2-6,8-9,11-13,15,18H,7,10,14,16H2,1H3. The molecule has 1 saturated heterocycles. The molecule has 4 rings (SSSR count). The predicted octanol–water partition coefficient (Wildman–Crippen LogP) is 3.65. The first-order chi connectivity index (χ1) is 13.3. The van der Waals surface area contributed by atoms with E-state index in [0.717, 1.165) is 41.7 Å². The second-order valence-corrected chi connectivity index (χ2v) is 6.78. The van der Waals surface area contributed by atoms with Crippen molar-refractivity contribution < 1.29 is 9.53 Å². The predicted molar refractivity (Wildman–Crippen MR) is 106 cm³/mol. The summed E-state index contributed by atoms with van der Waals surface area (Å²) in [5.74, 6) is 0.0313. The van der Waals surface area contributed by atoms with E-state index >= 15 is 0 Å². The van der Waals surface area contributed by atoms with Crippen molar-refractivity contribution in [2.45, 2.75) is 18.9 Å². The number of pyridine rings is 1. The summed E-state index contributed by atoms with van der Waals surface area (Å²) in [7, 11) is 1.68. The maximum Gasteiger partial charge on any atom is 0.246 e. The molecular formula is C22H23N3O2. The zero-order valence-corrected chi connectivity index (χ0v) is 15.4. The molecular weight excluding hydrogens is 338 g/mol. The highest BCUT2D eigenvalue weighted by Crippen LogP contribution is 2.27. The molecule has 0 spiro atoms. The Morgan fingerprint density at radius 2 is 2.04 bits per heavy atom. The van der Waals surface area contributed by atoms with Gasteiger partial charge in [0, 0.05) is 37.1 Å². The number of benzene rings is 1. The summed E-state index contributed by atoms with van der Waals surface area (Å²) in [6.07, 6.45) is 7.52. The molecule has 27 heavy (non-hydrogen) atoms. The summed E-state index contributed by atoms with van der Waals surface area (Å²) in [5.41, 5.74) is 3.85. The third-order valence-corrected chi connectivity index (χ3v) is 5.04. The van der Waals surface area contributed by atoms with E-state index in [9.17, 15) is 4.79 Å². The van der Waals surface area contributed by atoms with Crippen LogP contribution in [-0.4, -0.2) is 46.7 Å². The molecule has 2 aromatic heterocycles. The van der Waals surface area contributed by atoms with Gasteiger partial charge in [-0.15, -0.1) is 0 Å². The molecule has 1 fully saturated rings. The molecule has 1 aliphatic heterocycles. The minimum Gasteiger partial charge on any atom is -0.383 e. The fourth-order valence-corrected chi connectivity index (χ4v) is 3.73. The van der Waals surface area contributed by atoms with Crippen LogP contribution >= 0.6 is 0 Å². The fraction of sp³-hybridized carbons (Fsp3) is 0.273. The topological polar surface area (TPSA) is 46.8 Å². The normalized spacial score (nSPS) is 17.2. The summed E-state index contributed by atoms with van der Waals surface area (Å²) in [6, 6.07) is 16.2. The molecule has 3 heterocycles. The third kappa shape index (κ3) is 3.51. The molecule has 0 N–H and O–H groups in total. The average molecular weight is 361 g/mol. The Morgan fingerprint density at radius 3 is 2.85 bits per heavy atom. The second kappa shape index (κ2) is 7.76. The first-order valence-corrected chi connectivity index (χ1v) is 9.28. The molecule has 0 aliphatic carbocycles. The summed E-state index contributed by atoms with van der Waals surface area (Å²) < 4.78 is 7.12. The van der Waals surface area contributed by atoms with Crippen LogP contribution in [0.25, 0.3) is 22.9 Å². The zero-order valence-electron chi connectivity index (χ0n) is 15.4. The van der Waals surface area contributed by atoms with Crippen molar-refractivity contribution >= 4 is 17.5 Å². The smallest absolute Gasteiger partial charge is 0.246 e. The number of hydrogen-bond acceptors (Lipinski definition) is 3. The molecule has 1 atom stereocenters. The molecule has 1 amide bonds. The van der Waals surface area contributed by atoms with Gasteiger partial charge < -0.3 is 9.64 Å². The molecule has 1 aromatic carbocycles. The molecule has 0 radical (unpaired) electrons. The van der Waals surface area contributed by atoms with Crippen LogP contribution in [0.3, 0.4) is 0 Å². The Balaban J connectivity index is 1.69. The summed E-state index contributed by atoms with van der Waals surface area (Å²) in [5, 5.41) is 4.72. The molecule has 0 saturated carbocycles. The van der Waals surface area contributed by atoms with E-state index in [1.165, 1.54) is 0 Å². The minimum atomic E-state index is 0.0313. The van der Waals surface area contributed by atoms with Gasteiger partial charge in [-0.1, -0.05) is 36.4 Å². The van der Waals surface area contributed by atoms with Crippen LogP contribution in [0.5, 0.6) is 0 Å². The monoisotopic (exact) mass is 361 g/mol. The van der Waals surface area contributed by atoms with E-state index < -0.39 is 0 Å². The van der Waals surface area contributed by atoms with Gasteiger partial charge in [-0.2, -0.15) is 5.10 Å². The van der Waals surface area contributed by atoms with Crippen LogP contribution in [0.15, 0.2) is 60.8 Å². The highest BCUT2D eigenvalue weighted by atomic mass is 16.5. The van der Waals surface area contributed by atoms with Crippen LogP contribution in [0.1, 0.15) is 18.4 Å². The van der Waals surface area contributed by atoms with Gasteiger partial charge in [0.15, 0.2) is 0 Å². The Kier molecular flexibility index (Phi) is 5.03. The number of nitrogens with zero attached hydrogens (tertiary/aromatic N) is 3. The van der Waals surface area contributed by atoms with E-state index in [1.54, 1.807) is 13.2 Å². The van der Waals surface area contributed by atoms with Gasteiger partial charge in [-0.05, 0) is 31.1 Å². The summed E-state index contributed by atoms with van der Waals surface area (Å²) >= 11 is 0. The van der Waals surface area contributed by atoms with Crippen LogP contribution in [0.4, 0.5) is 0 Å². The van der Waals surface area contributed by atoms with Crippen molar-refractivity contribution in [3.63, 3.8) is 0 Å². The first kappa shape index (κ1) is 17.5. The van der Waals surface area contributed by atoms with Crippen LogP contribution < -0.4 is 0 Å². The van der Waals surface area contributed by atoms with Crippen molar-refractivity contribution in [2.75, 3.05) is 20.3 Å². The van der Waals surface area contributed by atoms with Gasteiger partial charge in [0.1, 0.15) is 5.69 Å². The Bertz CT molecular complexity index is 962. The lowest BCUT2D eigenvalue weighted by Gasteiger charge is -2.22. The van der Waals surface area contributed by atoms with Crippen LogP contribution in [0.2, 0.25) is 0 Å². The van der Waals surface area contributed by atoms with Gasteiger partial charge >= 0.3 is 0 Å². The van der Waals surface area contributed by atoms with E-state index in [-0.39, 0.29) is 11.9 Å². The number of aromatic nitrogens is 2. The van der Waals surface area contributed by atoms with Crippen molar-refractivity contribution in [1.82, 2.24) is 14.5 Å². The maximum absolute atomic E-state index is 12.8. The SMILES string of the molecule is COCC1CCCN1C(=O)C=Cc1c(-c2ccccc2)nn2ccccc12. The van der Waals surface area contributed by atoms with Gasteiger partial charge in [-0.3, -0.25) is 4.79 Å². The van der Waals surface area contributed by atoms with Crippen molar-refractivity contribution in [3.8, 4) is 11.3 Å². The van der Waals surface area contributed by atoms with Gasteiger partial charge in [0.05, 0.1) is 18.2 Å². The number of fused-ring (bicyclic) bond motifs is 1. The molecule has 138 valence electrons. The summed E-state index contributed by atoms with van der Waals surface area (Å²) in [6.45, 7) is 1.38. The van der Waals surface area contributed by atoms with E-state index in [0.29, 0.717) is 6.61 Å². The zero-order chi connectivity index (χ0) is 18.6. The Hall–Kier alpha value is -2.92. The van der Waals surface area contributed by atoms with Crippen molar-refractivity contribution in [3.05, 3.63) is 66.4 Å². The quantitative estimate of drug-likeness (QED) is 0.652. The van der Waals surface area contributed by atoms with Gasteiger partial charge in [0.2, 0.25) is 5.91 Å². The number of likely N-dealkylation sites (tertiary alicyclic amines) is 1. The lowest BCUT2D eigenvalue weighted by Crippen LogP contribution is -2.36. The Labute approximate surface area is 158 Å². The highest BCUT2D eigenvalue weighted by Gasteiger charge is 2.27. The average Bonchev–Trinajstić information content (AvgIpc) is 3.32. The van der Waals surface area contributed by atoms with Crippen molar-refractivity contribution in [2.24, 2.45) is 0 Å². The number of ether oxygens (including phenoxy) is 1. The van der Waals surface area contributed by atoms with Crippen molar-refractivity contribution in [1.29, 1.82) is 0 Å². The van der Waals surface area contributed by atoms with E-state index in [2.05, 4.69) is 0 Å². The molecule has 5 heteroatoms. The van der Waals surface area contributed by atoms with Gasteiger partial charge in [-0.25, -0.2) is 4.52 Å². The molecule has 1 aliphatic rings. The highest BCUT2D eigenvalue weighted by molar-refractivity contribution is 5.95. The minimum absolute atomic E-state index is 0.0313. The van der Waals surface area contributed by atoms with Crippen LogP contribution in [0, 0.1) is 0 Å². The first-order valence-electron chi connectivity index (χ1n) is 9.28. The second-order valence-electron chi connectivity index (χ2n) is 6.78. The number of rotatable bonds is 5. The number of amides is 1. The molecule has 5 nitrogen and oxygen atoms in total. The summed E-state index contributed by atoms with van der Waals surface area (Å²) in [4.78, 5) is 14.7. The largest absolute Gasteiger partial charge is 0.383 e. The number of carbonyl (C=O) groups excluding carboxylic acids is 1. The van der Waals surface area contributed by atoms with E-state index in [1.807, 2.05) is 70.2 Å². The molecule has 1 unspecified atom stereocenters. The number of methoxy groups -OCH3 is 1. The maximum atomic E-state index is 12.8. The third-order valence-electron chi connectivity index (χ3n) is 5.04. The lowest BCUT2D eigenvalue weighted by atomic mass is 10.1. The lowest BCUT2D eigenvalue weighted by molar-refractivity contribution is -0.127. The van der Waals surface area contributed by atoms with E-state index in [4.69, 9.17) is 9.84 Å². The van der Waals surface area contributed by atoms with Gasteiger partial charge in [0.25, 0.3) is 0 Å². The molecule has 3 aromatic rings. The number of hydrogen-bond donors (Lipinski definition) is 0.